The first-order chi connectivity index (χ1) is 9.90. The summed E-state index contributed by atoms with van der Waals surface area (Å²) in [6, 6.07) is 14.5. The summed E-state index contributed by atoms with van der Waals surface area (Å²) in [5.41, 5.74) is 4.50. The molecule has 3 heterocycles. The zero-order valence-corrected chi connectivity index (χ0v) is 10.4. The highest BCUT2D eigenvalue weighted by atomic mass is 16.3. The average molecular weight is 259 g/mol. The maximum atomic E-state index is 5.26. The van der Waals surface area contributed by atoms with Crippen molar-refractivity contribution in [2.45, 2.75) is 0 Å². The summed E-state index contributed by atoms with van der Waals surface area (Å²) in [7, 11) is 0. The summed E-state index contributed by atoms with van der Waals surface area (Å²) in [5, 5.41) is 3.50. The normalized spacial score (nSPS) is 12.0. The minimum atomic E-state index is 0.577. The monoisotopic (exact) mass is 259 g/mol. The van der Waals surface area contributed by atoms with Crippen LogP contribution < -0.4 is 0 Å². The molecule has 0 atom stereocenters. The number of hydrogen-bond acceptors (Lipinski definition) is 3. The van der Waals surface area contributed by atoms with Gasteiger partial charge in [-0.15, -0.1) is 0 Å². The molecule has 0 saturated heterocycles. The van der Waals surface area contributed by atoms with Crippen LogP contribution in [0.15, 0.2) is 53.3 Å². The maximum Gasteiger partial charge on any atom is 0.247 e. The number of benzene rings is 2. The van der Waals surface area contributed by atoms with Crippen LogP contribution in [0, 0.1) is 0 Å². The molecule has 0 saturated carbocycles. The van der Waals surface area contributed by atoms with Crippen molar-refractivity contribution in [2.24, 2.45) is 0 Å². The van der Waals surface area contributed by atoms with E-state index in [9.17, 15) is 0 Å². The van der Waals surface area contributed by atoms with Gasteiger partial charge in [0.25, 0.3) is 0 Å². The zero-order chi connectivity index (χ0) is 13.1. The number of H-pyrrole nitrogens is 1. The number of aromatic amines is 1. The average Bonchev–Trinajstić information content (AvgIpc) is 3.08. The van der Waals surface area contributed by atoms with Crippen molar-refractivity contribution in [3.63, 3.8) is 0 Å². The summed E-state index contributed by atoms with van der Waals surface area (Å²) < 4.78 is 5.26. The lowest BCUT2D eigenvalue weighted by atomic mass is 10.1. The van der Waals surface area contributed by atoms with E-state index in [1.54, 1.807) is 0 Å². The second kappa shape index (κ2) is 3.36. The summed E-state index contributed by atoms with van der Waals surface area (Å²) in [6.45, 7) is 0. The highest BCUT2D eigenvalue weighted by molar-refractivity contribution is 6.17. The fraction of sp³-hybridized carbons (Fsp3) is 0. The first-order valence-electron chi connectivity index (χ1n) is 6.43. The van der Waals surface area contributed by atoms with Gasteiger partial charge < -0.3 is 9.40 Å². The Bertz CT molecular complexity index is 1100. The summed E-state index contributed by atoms with van der Waals surface area (Å²) in [6.07, 6.45) is 1.43. The number of nitrogens with one attached hydrogen (secondary N) is 1. The molecule has 0 fully saturated rings. The van der Waals surface area contributed by atoms with Gasteiger partial charge >= 0.3 is 0 Å². The minimum Gasteiger partial charge on any atom is -0.425 e. The summed E-state index contributed by atoms with van der Waals surface area (Å²) >= 11 is 0. The predicted molar refractivity (Wildman–Crippen MR) is 78.7 cm³/mol. The van der Waals surface area contributed by atoms with Crippen LogP contribution in [0.4, 0.5) is 0 Å². The van der Waals surface area contributed by atoms with Gasteiger partial charge in [0.15, 0.2) is 6.39 Å². The van der Waals surface area contributed by atoms with E-state index in [4.69, 9.17) is 4.42 Å². The van der Waals surface area contributed by atoms with Crippen molar-refractivity contribution in [1.29, 1.82) is 0 Å². The standard InChI is InChI=1S/C16H9N3O/c1-2-4-12-9(3-1)10-5-6-13-11(15(10)18-12)7-14-16(19-13)20-8-17-14/h1-8,18H. The van der Waals surface area contributed by atoms with Gasteiger partial charge in [0.05, 0.1) is 11.0 Å². The van der Waals surface area contributed by atoms with Crippen LogP contribution in [0.5, 0.6) is 0 Å². The van der Waals surface area contributed by atoms with E-state index in [1.165, 1.54) is 17.2 Å². The van der Waals surface area contributed by atoms with Crippen molar-refractivity contribution in [2.75, 3.05) is 0 Å². The van der Waals surface area contributed by atoms with E-state index in [0.29, 0.717) is 5.71 Å². The Morgan fingerprint density at radius 2 is 1.85 bits per heavy atom. The highest BCUT2D eigenvalue weighted by Crippen LogP contribution is 2.31. The van der Waals surface area contributed by atoms with Crippen molar-refractivity contribution < 1.29 is 4.42 Å². The molecule has 0 aliphatic carbocycles. The third-order valence-corrected chi connectivity index (χ3v) is 3.78. The van der Waals surface area contributed by atoms with Gasteiger partial charge in [0.2, 0.25) is 5.71 Å². The van der Waals surface area contributed by atoms with E-state index in [0.717, 1.165) is 27.5 Å². The fourth-order valence-corrected chi connectivity index (χ4v) is 2.85. The number of oxazole rings is 1. The molecule has 0 aliphatic rings. The first kappa shape index (κ1) is 9.97. The van der Waals surface area contributed by atoms with Gasteiger partial charge in [0.1, 0.15) is 5.52 Å². The molecule has 3 aromatic heterocycles. The molecular weight excluding hydrogens is 250 g/mol. The summed E-state index contributed by atoms with van der Waals surface area (Å²) in [4.78, 5) is 12.2. The van der Waals surface area contributed by atoms with Gasteiger partial charge in [-0.2, -0.15) is 0 Å². The largest absolute Gasteiger partial charge is 0.425 e. The Morgan fingerprint density at radius 1 is 0.900 bits per heavy atom. The molecule has 5 rings (SSSR count). The van der Waals surface area contributed by atoms with E-state index in [1.807, 2.05) is 18.2 Å². The zero-order valence-electron chi connectivity index (χ0n) is 10.4. The van der Waals surface area contributed by atoms with E-state index in [2.05, 4.69) is 39.2 Å². The fourth-order valence-electron chi connectivity index (χ4n) is 2.85. The predicted octanol–water partition coefficient (Wildman–Crippen LogP) is 4.01. The second-order valence-electron chi connectivity index (χ2n) is 4.89. The number of pyridine rings is 1. The molecule has 1 N–H and O–H groups in total. The van der Waals surface area contributed by atoms with Gasteiger partial charge in [-0.3, -0.25) is 0 Å². The van der Waals surface area contributed by atoms with Crippen LogP contribution in [-0.2, 0) is 0 Å². The molecule has 0 bridgehead atoms. The molecule has 0 unspecified atom stereocenters. The van der Waals surface area contributed by atoms with Crippen LogP contribution in [0.1, 0.15) is 0 Å². The Morgan fingerprint density at radius 3 is 2.85 bits per heavy atom. The number of fused-ring (bicyclic) bond motifs is 6. The van der Waals surface area contributed by atoms with E-state index >= 15 is 0 Å². The molecule has 2 aromatic carbocycles. The van der Waals surface area contributed by atoms with Gasteiger partial charge in [-0.1, -0.05) is 24.3 Å². The van der Waals surface area contributed by atoms with Gasteiger partial charge in [0, 0.05) is 21.7 Å². The van der Waals surface area contributed by atoms with Gasteiger partial charge in [-0.25, -0.2) is 9.97 Å². The van der Waals surface area contributed by atoms with Crippen LogP contribution >= 0.6 is 0 Å². The molecule has 0 spiro atoms. The number of nitrogens with zero attached hydrogens (tertiary/aromatic N) is 2. The smallest absolute Gasteiger partial charge is 0.247 e. The molecule has 4 nitrogen and oxygen atoms in total. The molecule has 20 heavy (non-hydrogen) atoms. The third kappa shape index (κ3) is 1.15. The van der Waals surface area contributed by atoms with E-state index < -0.39 is 0 Å². The molecule has 0 amide bonds. The molecule has 94 valence electrons. The quantitative estimate of drug-likeness (QED) is 0.457. The van der Waals surface area contributed by atoms with Crippen LogP contribution in [0.25, 0.3) is 43.9 Å². The molecular formula is C16H9N3O. The second-order valence-corrected chi connectivity index (χ2v) is 4.89. The number of aromatic nitrogens is 3. The van der Waals surface area contributed by atoms with Crippen molar-refractivity contribution in [1.82, 2.24) is 15.0 Å². The Kier molecular flexibility index (Phi) is 1.68. The van der Waals surface area contributed by atoms with Crippen LogP contribution in [-0.4, -0.2) is 15.0 Å². The first-order valence-corrected chi connectivity index (χ1v) is 6.43. The van der Waals surface area contributed by atoms with Crippen molar-refractivity contribution in [3.8, 4) is 0 Å². The number of hydrogen-bond donors (Lipinski definition) is 1. The molecule has 0 aliphatic heterocycles. The highest BCUT2D eigenvalue weighted by Gasteiger charge is 2.10. The SMILES string of the molecule is c1ccc2c(c1)[nH]c1c3cc4ncoc4nc3ccc21. The lowest BCUT2D eigenvalue weighted by molar-refractivity contribution is 0.592. The van der Waals surface area contributed by atoms with E-state index in [-0.39, 0.29) is 0 Å². The molecule has 4 heteroatoms. The lowest BCUT2D eigenvalue weighted by Crippen LogP contribution is -1.81. The molecule has 0 radical (unpaired) electrons. The molecule has 5 aromatic rings. The van der Waals surface area contributed by atoms with Crippen molar-refractivity contribution >= 4 is 43.9 Å². The Labute approximate surface area is 113 Å². The minimum absolute atomic E-state index is 0.577. The van der Waals surface area contributed by atoms with Gasteiger partial charge in [-0.05, 0) is 18.2 Å². The van der Waals surface area contributed by atoms with Crippen LogP contribution in [0.2, 0.25) is 0 Å². The third-order valence-electron chi connectivity index (χ3n) is 3.78. The lowest BCUT2D eigenvalue weighted by Gasteiger charge is -1.98. The van der Waals surface area contributed by atoms with Crippen molar-refractivity contribution in [3.05, 3.63) is 48.9 Å². The number of rotatable bonds is 0. The topological polar surface area (TPSA) is 54.7 Å². The summed E-state index contributed by atoms with van der Waals surface area (Å²) in [5.74, 6) is 0. The Hall–Kier alpha value is -2.88. The Balaban J connectivity index is 2.08. The maximum absolute atomic E-state index is 5.26. The number of para-hydroxylation sites is 1. The van der Waals surface area contributed by atoms with Crippen LogP contribution in [0.3, 0.4) is 0 Å².